The molecule has 1 aromatic carbocycles. The summed E-state index contributed by atoms with van der Waals surface area (Å²) in [6.45, 7) is 0. The lowest BCUT2D eigenvalue weighted by Crippen LogP contribution is -2.35. The van der Waals surface area contributed by atoms with E-state index in [9.17, 15) is 13.2 Å². The molecule has 146 valence electrons. The maximum absolute atomic E-state index is 12.9. The number of ether oxygens (including phenoxy) is 1. The number of thiophene rings is 1. The van der Waals surface area contributed by atoms with Crippen LogP contribution in [0.15, 0.2) is 40.6 Å². The smallest absolute Gasteiger partial charge is 0.264 e. The molecule has 0 unspecified atom stereocenters. The van der Waals surface area contributed by atoms with E-state index in [2.05, 4.69) is 5.32 Å². The van der Waals surface area contributed by atoms with Crippen molar-refractivity contribution < 1.29 is 17.9 Å². The van der Waals surface area contributed by atoms with Gasteiger partial charge in [0.15, 0.2) is 0 Å². The number of hydrogen-bond donors (Lipinski definition) is 1. The van der Waals surface area contributed by atoms with Crippen LogP contribution in [0.5, 0.6) is 5.75 Å². The lowest BCUT2D eigenvalue weighted by molar-refractivity contribution is 0.0931. The molecule has 1 saturated carbocycles. The molecule has 2 aromatic rings. The van der Waals surface area contributed by atoms with E-state index in [-0.39, 0.29) is 16.8 Å². The Morgan fingerprint density at radius 2 is 1.85 bits per heavy atom. The molecule has 1 amide bonds. The number of carbonyl (C=O) groups excluding carboxylic acids is 1. The van der Waals surface area contributed by atoms with Crippen molar-refractivity contribution in [1.82, 2.24) is 5.32 Å². The van der Waals surface area contributed by atoms with Crippen LogP contribution in [0.25, 0.3) is 0 Å². The lowest BCUT2D eigenvalue weighted by Gasteiger charge is -2.22. The fourth-order valence-corrected chi connectivity index (χ4v) is 5.53. The third kappa shape index (κ3) is 4.44. The zero-order valence-electron chi connectivity index (χ0n) is 15.5. The van der Waals surface area contributed by atoms with Crippen molar-refractivity contribution in [2.24, 2.45) is 0 Å². The van der Waals surface area contributed by atoms with Crippen molar-refractivity contribution >= 4 is 33.0 Å². The summed E-state index contributed by atoms with van der Waals surface area (Å²) in [4.78, 5) is 13.0. The first kappa shape index (κ1) is 19.7. The molecule has 6 nitrogen and oxygen atoms in total. The second-order valence-electron chi connectivity index (χ2n) is 6.63. The predicted molar refractivity (Wildman–Crippen MR) is 107 cm³/mol. The van der Waals surface area contributed by atoms with Gasteiger partial charge in [-0.2, -0.15) is 0 Å². The number of nitrogens with zero attached hydrogens (tertiary/aromatic N) is 1. The highest BCUT2D eigenvalue weighted by molar-refractivity contribution is 7.93. The Labute approximate surface area is 164 Å². The normalized spacial score (nSPS) is 15.3. The molecule has 8 heteroatoms. The Balaban J connectivity index is 1.73. The predicted octanol–water partition coefficient (Wildman–Crippen LogP) is 3.64. The van der Waals surface area contributed by atoms with Gasteiger partial charge in [-0.3, -0.25) is 9.10 Å². The standard InChI is InChI=1S/C19H24N2O4S2/c1-21(15-8-10-16(25-2)11-9-15)27(23,24)17-12-18(26-13-17)19(22)20-14-6-4-3-5-7-14/h8-14H,3-7H2,1-2H3,(H,20,22). The zero-order valence-corrected chi connectivity index (χ0v) is 17.1. The van der Waals surface area contributed by atoms with Crippen molar-refractivity contribution in [2.45, 2.75) is 43.0 Å². The fraction of sp³-hybridized carbons (Fsp3) is 0.421. The molecule has 1 aromatic heterocycles. The number of amides is 1. The van der Waals surface area contributed by atoms with Crippen LogP contribution in [0.2, 0.25) is 0 Å². The number of carbonyl (C=O) groups is 1. The van der Waals surface area contributed by atoms with E-state index >= 15 is 0 Å². The first-order chi connectivity index (χ1) is 12.9. The zero-order chi connectivity index (χ0) is 19.4. The van der Waals surface area contributed by atoms with Gasteiger partial charge in [0.05, 0.1) is 22.6 Å². The minimum atomic E-state index is -3.73. The molecule has 1 aliphatic rings. The molecule has 1 fully saturated rings. The minimum Gasteiger partial charge on any atom is -0.497 e. The van der Waals surface area contributed by atoms with E-state index in [0.29, 0.717) is 16.3 Å². The average Bonchev–Trinajstić information content (AvgIpc) is 3.19. The average molecular weight is 409 g/mol. The van der Waals surface area contributed by atoms with Crippen LogP contribution >= 0.6 is 11.3 Å². The van der Waals surface area contributed by atoms with Crippen LogP contribution in [0, 0.1) is 0 Å². The van der Waals surface area contributed by atoms with Gasteiger partial charge in [-0.25, -0.2) is 8.42 Å². The Bertz CT molecular complexity index is 885. The van der Waals surface area contributed by atoms with E-state index in [4.69, 9.17) is 4.74 Å². The SMILES string of the molecule is COc1ccc(N(C)S(=O)(=O)c2csc(C(=O)NC3CCCCC3)c2)cc1. The van der Waals surface area contributed by atoms with Crippen LogP contribution in [0.1, 0.15) is 41.8 Å². The summed E-state index contributed by atoms with van der Waals surface area (Å²) in [5, 5.41) is 4.54. The van der Waals surface area contributed by atoms with E-state index in [1.165, 1.54) is 29.2 Å². The molecular weight excluding hydrogens is 384 g/mol. The van der Waals surface area contributed by atoms with Crippen LogP contribution in [0.3, 0.4) is 0 Å². The Morgan fingerprint density at radius 1 is 1.19 bits per heavy atom. The van der Waals surface area contributed by atoms with E-state index < -0.39 is 10.0 Å². The molecule has 1 N–H and O–H groups in total. The Morgan fingerprint density at radius 3 is 2.48 bits per heavy atom. The summed E-state index contributed by atoms with van der Waals surface area (Å²) in [6.07, 6.45) is 5.44. The summed E-state index contributed by atoms with van der Waals surface area (Å²) in [5.41, 5.74) is 0.523. The number of nitrogens with one attached hydrogen (secondary N) is 1. The van der Waals surface area contributed by atoms with Gasteiger partial charge < -0.3 is 10.1 Å². The second kappa shape index (κ2) is 8.31. The van der Waals surface area contributed by atoms with Gasteiger partial charge in [0.2, 0.25) is 0 Å². The molecule has 0 atom stereocenters. The second-order valence-corrected chi connectivity index (χ2v) is 9.51. The van der Waals surface area contributed by atoms with Crippen molar-refractivity contribution in [1.29, 1.82) is 0 Å². The molecule has 0 spiro atoms. The Kier molecular flexibility index (Phi) is 6.06. The van der Waals surface area contributed by atoms with Crippen molar-refractivity contribution in [2.75, 3.05) is 18.5 Å². The number of benzene rings is 1. The largest absolute Gasteiger partial charge is 0.497 e. The highest BCUT2D eigenvalue weighted by Crippen LogP contribution is 2.27. The topological polar surface area (TPSA) is 75.7 Å². The first-order valence-electron chi connectivity index (χ1n) is 8.94. The first-order valence-corrected chi connectivity index (χ1v) is 11.3. The summed E-state index contributed by atoms with van der Waals surface area (Å²) in [6, 6.07) is 8.42. The maximum atomic E-state index is 12.9. The molecule has 27 heavy (non-hydrogen) atoms. The van der Waals surface area contributed by atoms with Gasteiger partial charge in [0.1, 0.15) is 5.75 Å². The summed E-state index contributed by atoms with van der Waals surface area (Å²) < 4.78 is 32.1. The minimum absolute atomic E-state index is 0.125. The van der Waals surface area contributed by atoms with Gasteiger partial charge >= 0.3 is 0 Å². The summed E-state index contributed by atoms with van der Waals surface area (Å²) in [5.74, 6) is 0.460. The van der Waals surface area contributed by atoms with Crippen molar-refractivity contribution in [3.8, 4) is 5.75 Å². The summed E-state index contributed by atoms with van der Waals surface area (Å²) >= 11 is 1.15. The number of methoxy groups -OCH3 is 1. The molecule has 0 aliphatic heterocycles. The van der Waals surface area contributed by atoms with Crippen molar-refractivity contribution in [3.05, 3.63) is 40.6 Å². The highest BCUT2D eigenvalue weighted by atomic mass is 32.2. The number of hydrogen-bond acceptors (Lipinski definition) is 5. The molecule has 0 saturated heterocycles. The number of rotatable bonds is 6. The van der Waals surface area contributed by atoms with E-state index in [1.807, 2.05) is 0 Å². The van der Waals surface area contributed by atoms with E-state index in [1.54, 1.807) is 31.4 Å². The molecular formula is C19H24N2O4S2. The van der Waals surface area contributed by atoms with Crippen LogP contribution in [0.4, 0.5) is 5.69 Å². The lowest BCUT2D eigenvalue weighted by atomic mass is 9.95. The number of sulfonamides is 1. The van der Waals surface area contributed by atoms with Crippen molar-refractivity contribution in [3.63, 3.8) is 0 Å². The molecule has 0 bridgehead atoms. The molecule has 1 heterocycles. The molecule has 0 radical (unpaired) electrons. The quantitative estimate of drug-likeness (QED) is 0.792. The van der Waals surface area contributed by atoms with Gasteiger partial charge in [-0.1, -0.05) is 19.3 Å². The Hall–Kier alpha value is -2.06. The summed E-state index contributed by atoms with van der Waals surface area (Å²) in [7, 11) is -0.682. The fourth-order valence-electron chi connectivity index (χ4n) is 3.17. The highest BCUT2D eigenvalue weighted by Gasteiger charge is 2.25. The third-order valence-corrected chi connectivity index (χ3v) is 7.68. The maximum Gasteiger partial charge on any atom is 0.264 e. The molecule has 1 aliphatic carbocycles. The van der Waals surface area contributed by atoms with Crippen LogP contribution < -0.4 is 14.4 Å². The monoisotopic (exact) mass is 408 g/mol. The van der Waals surface area contributed by atoms with Crippen LogP contribution in [-0.4, -0.2) is 34.5 Å². The number of anilines is 1. The third-order valence-electron chi connectivity index (χ3n) is 4.83. The van der Waals surface area contributed by atoms with Crippen LogP contribution in [-0.2, 0) is 10.0 Å². The van der Waals surface area contributed by atoms with Gasteiger partial charge in [0.25, 0.3) is 15.9 Å². The van der Waals surface area contributed by atoms with E-state index in [0.717, 1.165) is 37.0 Å². The van der Waals surface area contributed by atoms with Gasteiger partial charge in [-0.15, -0.1) is 11.3 Å². The van der Waals surface area contributed by atoms with Gasteiger partial charge in [-0.05, 0) is 43.2 Å². The molecule has 3 rings (SSSR count). The van der Waals surface area contributed by atoms with Gasteiger partial charge in [0, 0.05) is 18.5 Å².